The van der Waals surface area contributed by atoms with Crippen molar-refractivity contribution in [1.29, 1.82) is 0 Å². The van der Waals surface area contributed by atoms with Crippen LogP contribution in [0.2, 0.25) is 0 Å². The quantitative estimate of drug-likeness (QED) is 0.688. The molecule has 0 saturated heterocycles. The van der Waals surface area contributed by atoms with Crippen molar-refractivity contribution in [3.8, 4) is 0 Å². The summed E-state index contributed by atoms with van der Waals surface area (Å²) in [5.74, 6) is -1.16. The number of carbonyl (C=O) groups is 1. The van der Waals surface area contributed by atoms with E-state index in [1.807, 2.05) is 24.3 Å². The Balaban J connectivity index is 2.09. The van der Waals surface area contributed by atoms with Gasteiger partial charge in [0.15, 0.2) is 0 Å². The van der Waals surface area contributed by atoms with Crippen LogP contribution in [0.1, 0.15) is 38.7 Å². The fourth-order valence-corrected chi connectivity index (χ4v) is 3.17. The molecule has 2 atom stereocenters. The van der Waals surface area contributed by atoms with Gasteiger partial charge < -0.3 is 5.32 Å². The first-order valence-electron chi connectivity index (χ1n) is 7.93. The minimum Gasteiger partial charge on any atom is -0.325 e. The van der Waals surface area contributed by atoms with Crippen molar-refractivity contribution in [2.45, 2.75) is 43.3 Å². The molecule has 2 aromatic carbocycles. The molecule has 0 saturated carbocycles. The molecule has 1 N–H and O–H groups in total. The van der Waals surface area contributed by atoms with E-state index in [4.69, 9.17) is 0 Å². The summed E-state index contributed by atoms with van der Waals surface area (Å²) in [5.41, 5.74) is 1.86. The summed E-state index contributed by atoms with van der Waals surface area (Å²) in [4.78, 5) is 12.7. The smallest absolute Gasteiger partial charge is 0.237 e. The Labute approximate surface area is 145 Å². The van der Waals surface area contributed by atoms with E-state index in [1.165, 1.54) is 12.1 Å². The van der Waals surface area contributed by atoms with Crippen LogP contribution in [0.5, 0.6) is 0 Å². The Morgan fingerprint density at radius 3 is 2.54 bits per heavy atom. The van der Waals surface area contributed by atoms with Gasteiger partial charge in [0.2, 0.25) is 5.91 Å². The average Bonchev–Trinajstić information content (AvgIpc) is 2.57. The Hall–Kier alpha value is -1.88. The number of hydrogen-bond donors (Lipinski definition) is 1. The van der Waals surface area contributed by atoms with Crippen molar-refractivity contribution >= 4 is 23.4 Å². The highest BCUT2D eigenvalue weighted by Gasteiger charge is 2.18. The minimum absolute atomic E-state index is 0.209. The van der Waals surface area contributed by atoms with Gasteiger partial charge in [-0.3, -0.25) is 4.79 Å². The molecule has 0 aliphatic carbocycles. The maximum atomic E-state index is 13.7. The zero-order chi connectivity index (χ0) is 17.7. The Bertz CT molecular complexity index is 720. The zero-order valence-electron chi connectivity index (χ0n) is 14.0. The van der Waals surface area contributed by atoms with Gasteiger partial charge in [0, 0.05) is 16.6 Å². The fourth-order valence-electron chi connectivity index (χ4n) is 2.31. The maximum absolute atomic E-state index is 13.7. The standard InChI is InChI=1S/C19H21F2NOS/c1-4-12(2)15-7-5-6-8-17(15)22-19(23)13(3)24-18-10-9-14(20)11-16(18)21/h5-13H,4H2,1-3H3,(H,22,23)/t12-,13-/m0/s1. The van der Waals surface area contributed by atoms with Crippen LogP contribution in [0, 0.1) is 11.6 Å². The van der Waals surface area contributed by atoms with Gasteiger partial charge >= 0.3 is 0 Å². The molecule has 2 rings (SSSR count). The normalized spacial score (nSPS) is 13.4. The van der Waals surface area contributed by atoms with E-state index in [1.54, 1.807) is 6.92 Å². The second-order valence-corrected chi connectivity index (χ2v) is 7.10. The van der Waals surface area contributed by atoms with Gasteiger partial charge in [-0.1, -0.05) is 32.0 Å². The summed E-state index contributed by atoms with van der Waals surface area (Å²) >= 11 is 1.07. The highest BCUT2D eigenvalue weighted by molar-refractivity contribution is 8.00. The third kappa shape index (κ3) is 4.57. The third-order valence-electron chi connectivity index (χ3n) is 3.93. The van der Waals surface area contributed by atoms with Crippen molar-refractivity contribution in [2.24, 2.45) is 0 Å². The summed E-state index contributed by atoms with van der Waals surface area (Å²) in [6, 6.07) is 11.1. The van der Waals surface area contributed by atoms with E-state index >= 15 is 0 Å². The maximum Gasteiger partial charge on any atom is 0.237 e. The first-order valence-corrected chi connectivity index (χ1v) is 8.81. The highest BCUT2D eigenvalue weighted by Crippen LogP contribution is 2.29. The highest BCUT2D eigenvalue weighted by atomic mass is 32.2. The topological polar surface area (TPSA) is 29.1 Å². The summed E-state index contributed by atoms with van der Waals surface area (Å²) < 4.78 is 26.7. The monoisotopic (exact) mass is 349 g/mol. The van der Waals surface area contributed by atoms with Crippen LogP contribution in [-0.4, -0.2) is 11.2 Å². The van der Waals surface area contributed by atoms with Crippen LogP contribution in [-0.2, 0) is 4.79 Å². The van der Waals surface area contributed by atoms with Crippen molar-refractivity contribution in [3.63, 3.8) is 0 Å². The Morgan fingerprint density at radius 1 is 1.17 bits per heavy atom. The van der Waals surface area contributed by atoms with E-state index in [2.05, 4.69) is 19.2 Å². The van der Waals surface area contributed by atoms with Crippen LogP contribution in [0.15, 0.2) is 47.4 Å². The summed E-state index contributed by atoms with van der Waals surface area (Å²) in [6.45, 7) is 5.91. The molecule has 0 heterocycles. The fraction of sp³-hybridized carbons (Fsp3) is 0.316. The van der Waals surface area contributed by atoms with Gasteiger partial charge in [0.1, 0.15) is 11.6 Å². The number of halogens is 2. The predicted octanol–water partition coefficient (Wildman–Crippen LogP) is 5.60. The number of amides is 1. The van der Waals surface area contributed by atoms with Crippen molar-refractivity contribution in [2.75, 3.05) is 5.32 Å². The van der Waals surface area contributed by atoms with E-state index in [0.717, 1.165) is 35.5 Å². The van der Waals surface area contributed by atoms with Gasteiger partial charge in [0.25, 0.3) is 0 Å². The second kappa shape index (κ2) is 8.29. The van der Waals surface area contributed by atoms with Crippen LogP contribution < -0.4 is 5.32 Å². The van der Waals surface area contributed by atoms with Crippen molar-refractivity contribution in [3.05, 3.63) is 59.7 Å². The number of hydrogen-bond acceptors (Lipinski definition) is 2. The summed E-state index contributed by atoms with van der Waals surface area (Å²) in [7, 11) is 0. The molecule has 5 heteroatoms. The average molecular weight is 349 g/mol. The second-order valence-electron chi connectivity index (χ2n) is 5.72. The lowest BCUT2D eigenvalue weighted by Crippen LogP contribution is -2.23. The van der Waals surface area contributed by atoms with Gasteiger partial charge in [-0.25, -0.2) is 8.78 Å². The number of thioether (sulfide) groups is 1. The van der Waals surface area contributed by atoms with Gasteiger partial charge in [0.05, 0.1) is 5.25 Å². The molecule has 1 amide bonds. The molecule has 0 fully saturated rings. The Kier molecular flexibility index (Phi) is 6.37. The molecule has 0 radical (unpaired) electrons. The number of nitrogens with one attached hydrogen (secondary N) is 1. The van der Waals surface area contributed by atoms with Crippen LogP contribution in [0.4, 0.5) is 14.5 Å². The van der Waals surface area contributed by atoms with E-state index in [-0.39, 0.29) is 10.8 Å². The lowest BCUT2D eigenvalue weighted by atomic mass is 9.97. The molecule has 0 aromatic heterocycles. The number of benzene rings is 2. The van der Waals surface area contributed by atoms with E-state index < -0.39 is 16.9 Å². The van der Waals surface area contributed by atoms with E-state index in [0.29, 0.717) is 5.92 Å². The Morgan fingerprint density at radius 2 is 1.88 bits per heavy atom. The SMILES string of the molecule is CC[C@H](C)c1ccccc1NC(=O)[C@H](C)Sc1ccc(F)cc1F. The molecule has 0 spiro atoms. The zero-order valence-corrected chi connectivity index (χ0v) is 14.8. The number of carbonyl (C=O) groups excluding carboxylic acids is 1. The molecule has 0 unspecified atom stereocenters. The van der Waals surface area contributed by atoms with Crippen LogP contribution >= 0.6 is 11.8 Å². The van der Waals surface area contributed by atoms with Gasteiger partial charge in [-0.15, -0.1) is 11.8 Å². The molecular formula is C19H21F2NOS. The molecule has 0 bridgehead atoms. The van der Waals surface area contributed by atoms with Gasteiger partial charge in [-0.2, -0.15) is 0 Å². The lowest BCUT2D eigenvalue weighted by molar-refractivity contribution is -0.115. The predicted molar refractivity (Wildman–Crippen MR) is 95.5 cm³/mol. The van der Waals surface area contributed by atoms with Crippen molar-refractivity contribution < 1.29 is 13.6 Å². The molecule has 24 heavy (non-hydrogen) atoms. The molecule has 2 nitrogen and oxygen atoms in total. The molecule has 0 aliphatic heterocycles. The largest absolute Gasteiger partial charge is 0.325 e. The molecule has 2 aromatic rings. The molecule has 0 aliphatic rings. The first kappa shape index (κ1) is 18.5. The minimum atomic E-state index is -0.653. The van der Waals surface area contributed by atoms with Gasteiger partial charge in [-0.05, 0) is 43.0 Å². The molecule has 128 valence electrons. The summed E-state index contributed by atoms with van der Waals surface area (Å²) in [5, 5.41) is 2.42. The molecular weight excluding hydrogens is 328 g/mol. The first-order chi connectivity index (χ1) is 11.4. The van der Waals surface area contributed by atoms with Crippen LogP contribution in [0.3, 0.4) is 0 Å². The number of anilines is 1. The van der Waals surface area contributed by atoms with E-state index in [9.17, 15) is 13.6 Å². The van der Waals surface area contributed by atoms with Crippen LogP contribution in [0.25, 0.3) is 0 Å². The lowest BCUT2D eigenvalue weighted by Gasteiger charge is -2.18. The van der Waals surface area contributed by atoms with Crippen molar-refractivity contribution in [1.82, 2.24) is 0 Å². The number of para-hydroxylation sites is 1. The third-order valence-corrected chi connectivity index (χ3v) is 5.08. The number of rotatable bonds is 6. The summed E-state index contributed by atoms with van der Waals surface area (Å²) in [6.07, 6.45) is 0.970.